The molecule has 1 saturated carbocycles. The van der Waals surface area contributed by atoms with E-state index >= 15 is 0 Å². The molecule has 1 atom stereocenters. The van der Waals surface area contributed by atoms with Gasteiger partial charge >= 0.3 is 0 Å². The van der Waals surface area contributed by atoms with Crippen molar-refractivity contribution in [3.8, 4) is 0 Å². The van der Waals surface area contributed by atoms with Crippen molar-refractivity contribution in [3.63, 3.8) is 0 Å². The summed E-state index contributed by atoms with van der Waals surface area (Å²) in [6.07, 6.45) is 5.42. The van der Waals surface area contributed by atoms with Gasteiger partial charge in [-0.25, -0.2) is 0 Å². The van der Waals surface area contributed by atoms with E-state index < -0.39 is 0 Å². The molecular weight excluding hydrogens is 192 g/mol. The molecule has 1 fully saturated rings. The van der Waals surface area contributed by atoms with Crippen molar-refractivity contribution in [1.29, 1.82) is 0 Å². The highest BCUT2D eigenvalue weighted by Gasteiger charge is 2.15. The number of hydrogen-bond acceptors (Lipinski definition) is 3. The Balaban J connectivity index is 1.74. The number of thiophene rings is 1. The second kappa shape index (κ2) is 4.91. The van der Waals surface area contributed by atoms with Crippen molar-refractivity contribution < 1.29 is 0 Å². The average Bonchev–Trinajstić information content (AvgIpc) is 2.87. The lowest BCUT2D eigenvalue weighted by atomic mass is 10.2. The summed E-state index contributed by atoms with van der Waals surface area (Å²) in [4.78, 5) is 1.29. The minimum Gasteiger partial charge on any atom is -0.322 e. The predicted molar refractivity (Wildman–Crippen MR) is 61.5 cm³/mol. The molecule has 1 aliphatic carbocycles. The molecule has 1 heterocycles. The molecule has 0 amide bonds. The van der Waals surface area contributed by atoms with Crippen LogP contribution in [0, 0.1) is 0 Å². The SMILES string of the molecule is NC(CNC1CCCC1)c1cccs1. The van der Waals surface area contributed by atoms with Gasteiger partial charge in [-0.1, -0.05) is 18.9 Å². The standard InChI is InChI=1S/C11H18N2S/c12-10(11-6-3-7-14-11)8-13-9-4-1-2-5-9/h3,6-7,9-10,13H,1-2,4-5,8,12H2. The molecule has 78 valence electrons. The lowest BCUT2D eigenvalue weighted by molar-refractivity contribution is 0.495. The summed E-state index contributed by atoms with van der Waals surface area (Å²) < 4.78 is 0. The van der Waals surface area contributed by atoms with E-state index in [2.05, 4.69) is 22.8 Å². The zero-order valence-corrected chi connectivity index (χ0v) is 9.22. The zero-order chi connectivity index (χ0) is 9.80. The first-order valence-electron chi connectivity index (χ1n) is 5.38. The lowest BCUT2D eigenvalue weighted by Crippen LogP contribution is -2.33. The van der Waals surface area contributed by atoms with Crippen molar-refractivity contribution in [3.05, 3.63) is 22.4 Å². The second-order valence-electron chi connectivity index (χ2n) is 4.01. The van der Waals surface area contributed by atoms with Gasteiger partial charge in [0.05, 0.1) is 6.04 Å². The van der Waals surface area contributed by atoms with Gasteiger partial charge in [-0.2, -0.15) is 0 Å². The van der Waals surface area contributed by atoms with E-state index in [1.807, 2.05) is 0 Å². The highest BCUT2D eigenvalue weighted by atomic mass is 32.1. The summed E-state index contributed by atoms with van der Waals surface area (Å²) >= 11 is 1.75. The van der Waals surface area contributed by atoms with Crippen molar-refractivity contribution >= 4 is 11.3 Å². The first-order valence-corrected chi connectivity index (χ1v) is 6.26. The molecule has 2 rings (SSSR count). The van der Waals surface area contributed by atoms with E-state index in [4.69, 9.17) is 5.73 Å². The second-order valence-corrected chi connectivity index (χ2v) is 4.99. The monoisotopic (exact) mass is 210 g/mol. The molecule has 1 aromatic rings. The van der Waals surface area contributed by atoms with Crippen LogP contribution in [0.3, 0.4) is 0 Å². The van der Waals surface area contributed by atoms with E-state index in [0.29, 0.717) is 0 Å². The summed E-state index contributed by atoms with van der Waals surface area (Å²) in [7, 11) is 0. The molecule has 14 heavy (non-hydrogen) atoms. The third-order valence-electron chi connectivity index (χ3n) is 2.89. The van der Waals surface area contributed by atoms with Gasteiger partial charge in [0.15, 0.2) is 0 Å². The molecule has 0 aliphatic heterocycles. The van der Waals surface area contributed by atoms with E-state index in [0.717, 1.165) is 12.6 Å². The fourth-order valence-electron chi connectivity index (χ4n) is 2.03. The van der Waals surface area contributed by atoms with E-state index in [9.17, 15) is 0 Å². The van der Waals surface area contributed by atoms with Crippen molar-refractivity contribution in [2.45, 2.75) is 37.8 Å². The number of rotatable bonds is 4. The van der Waals surface area contributed by atoms with Crippen LogP contribution in [0.25, 0.3) is 0 Å². The summed E-state index contributed by atoms with van der Waals surface area (Å²) in [6.45, 7) is 0.922. The van der Waals surface area contributed by atoms with Crippen LogP contribution >= 0.6 is 11.3 Å². The maximum Gasteiger partial charge on any atom is 0.0516 e. The highest BCUT2D eigenvalue weighted by molar-refractivity contribution is 7.10. The van der Waals surface area contributed by atoms with E-state index in [1.54, 1.807) is 11.3 Å². The van der Waals surface area contributed by atoms with Gasteiger partial charge in [0.1, 0.15) is 0 Å². The quantitative estimate of drug-likeness (QED) is 0.800. The Hall–Kier alpha value is -0.380. The largest absolute Gasteiger partial charge is 0.322 e. The van der Waals surface area contributed by atoms with Gasteiger partial charge in [-0.3, -0.25) is 0 Å². The first kappa shape index (κ1) is 10.1. The minimum atomic E-state index is 0.176. The van der Waals surface area contributed by atoms with Crippen LogP contribution < -0.4 is 11.1 Å². The van der Waals surface area contributed by atoms with Gasteiger partial charge in [0, 0.05) is 17.5 Å². The molecule has 2 nitrogen and oxygen atoms in total. The van der Waals surface area contributed by atoms with E-state index in [1.165, 1.54) is 30.6 Å². The molecule has 0 radical (unpaired) electrons. The van der Waals surface area contributed by atoms with Crippen molar-refractivity contribution in [2.24, 2.45) is 5.73 Å². The molecule has 1 unspecified atom stereocenters. The van der Waals surface area contributed by atoms with Crippen LogP contribution in [0.4, 0.5) is 0 Å². The molecule has 1 aliphatic rings. The molecule has 0 bridgehead atoms. The summed E-state index contributed by atoms with van der Waals surface area (Å²) in [5, 5.41) is 5.64. The van der Waals surface area contributed by atoms with Gasteiger partial charge in [-0.05, 0) is 24.3 Å². The van der Waals surface area contributed by atoms with Crippen LogP contribution in [-0.2, 0) is 0 Å². The van der Waals surface area contributed by atoms with E-state index in [-0.39, 0.29) is 6.04 Å². The van der Waals surface area contributed by atoms with Gasteiger partial charge in [-0.15, -0.1) is 11.3 Å². The first-order chi connectivity index (χ1) is 6.86. The molecule has 0 saturated heterocycles. The van der Waals surface area contributed by atoms with Gasteiger partial charge in [0.2, 0.25) is 0 Å². The summed E-state index contributed by atoms with van der Waals surface area (Å²) in [5.41, 5.74) is 6.07. The Bertz CT molecular complexity index is 252. The minimum absolute atomic E-state index is 0.176. The average molecular weight is 210 g/mol. The highest BCUT2D eigenvalue weighted by Crippen LogP contribution is 2.19. The number of nitrogens with two attached hydrogens (primary N) is 1. The van der Waals surface area contributed by atoms with Gasteiger partial charge < -0.3 is 11.1 Å². The molecule has 3 N–H and O–H groups in total. The zero-order valence-electron chi connectivity index (χ0n) is 8.41. The van der Waals surface area contributed by atoms with Crippen molar-refractivity contribution in [1.82, 2.24) is 5.32 Å². The fourth-order valence-corrected chi connectivity index (χ4v) is 2.76. The topological polar surface area (TPSA) is 38.0 Å². The van der Waals surface area contributed by atoms with Crippen LogP contribution in [0.2, 0.25) is 0 Å². The number of hydrogen-bond donors (Lipinski definition) is 2. The Kier molecular flexibility index (Phi) is 3.56. The molecular formula is C11H18N2S. The maximum absolute atomic E-state index is 6.07. The molecule has 0 aromatic carbocycles. The molecule has 1 aromatic heterocycles. The third kappa shape index (κ3) is 2.56. The third-order valence-corrected chi connectivity index (χ3v) is 3.89. The predicted octanol–water partition coefficient (Wildman–Crippen LogP) is 2.28. The van der Waals surface area contributed by atoms with Crippen LogP contribution in [0.1, 0.15) is 36.6 Å². The Morgan fingerprint density at radius 2 is 2.29 bits per heavy atom. The fraction of sp³-hybridized carbons (Fsp3) is 0.636. The van der Waals surface area contributed by atoms with Crippen molar-refractivity contribution in [2.75, 3.05) is 6.54 Å². The lowest BCUT2D eigenvalue weighted by Gasteiger charge is -2.15. The number of nitrogens with one attached hydrogen (secondary N) is 1. The molecule has 3 heteroatoms. The van der Waals surface area contributed by atoms with Crippen LogP contribution in [0.5, 0.6) is 0 Å². The Morgan fingerprint density at radius 3 is 2.93 bits per heavy atom. The van der Waals surface area contributed by atoms with Gasteiger partial charge in [0.25, 0.3) is 0 Å². The molecule has 0 spiro atoms. The van der Waals surface area contributed by atoms with Crippen LogP contribution in [-0.4, -0.2) is 12.6 Å². The maximum atomic E-state index is 6.07. The Morgan fingerprint density at radius 1 is 1.50 bits per heavy atom. The Labute approximate surface area is 89.5 Å². The normalized spacial score (nSPS) is 20.1. The summed E-state index contributed by atoms with van der Waals surface area (Å²) in [6, 6.07) is 5.08. The van der Waals surface area contributed by atoms with Crippen LogP contribution in [0.15, 0.2) is 17.5 Å². The summed E-state index contributed by atoms with van der Waals surface area (Å²) in [5.74, 6) is 0. The smallest absolute Gasteiger partial charge is 0.0516 e.